The van der Waals surface area contributed by atoms with Crippen LogP contribution in [0.1, 0.15) is 48.6 Å². The van der Waals surface area contributed by atoms with Crippen LogP contribution >= 0.6 is 0 Å². The molecule has 1 heterocycles. The van der Waals surface area contributed by atoms with Crippen LogP contribution in [0.2, 0.25) is 0 Å². The van der Waals surface area contributed by atoms with Crippen molar-refractivity contribution in [2.45, 2.75) is 51.2 Å². The van der Waals surface area contributed by atoms with E-state index in [0.29, 0.717) is 12.1 Å². The number of aromatic hydroxyl groups is 1. The summed E-state index contributed by atoms with van der Waals surface area (Å²) in [7, 11) is 2.28. The standard InChI is InChI=1S/C25H26F6N2O6/c1-5-39-23(36)33-13(2)6-18(17-10-20(34)21(37-3)11-19(17)33)32(22(35)38-4)12-14-7-15(24(26,27)28)9-16(8-14)25(29,30)31/h7-11,13,18,34H,5-6,12H2,1-4H3. The Labute approximate surface area is 219 Å². The lowest BCUT2D eigenvalue weighted by molar-refractivity contribution is -0.143. The fourth-order valence-electron chi connectivity index (χ4n) is 4.50. The number of hydrogen-bond donors (Lipinski definition) is 1. The molecule has 2 atom stereocenters. The summed E-state index contributed by atoms with van der Waals surface area (Å²) in [5.74, 6) is -0.393. The minimum Gasteiger partial charge on any atom is -0.504 e. The van der Waals surface area contributed by atoms with Gasteiger partial charge in [-0.05, 0) is 50.1 Å². The van der Waals surface area contributed by atoms with Crippen molar-refractivity contribution in [3.63, 3.8) is 0 Å². The fraction of sp³-hybridized carbons (Fsp3) is 0.440. The summed E-state index contributed by atoms with van der Waals surface area (Å²) >= 11 is 0. The van der Waals surface area contributed by atoms with E-state index in [9.17, 15) is 41.0 Å². The summed E-state index contributed by atoms with van der Waals surface area (Å²) in [5, 5.41) is 10.5. The Kier molecular flexibility index (Phi) is 8.46. The van der Waals surface area contributed by atoms with E-state index in [1.165, 1.54) is 24.1 Å². The summed E-state index contributed by atoms with van der Waals surface area (Å²) in [6.07, 6.45) is -12.0. The van der Waals surface area contributed by atoms with Gasteiger partial charge in [0.25, 0.3) is 0 Å². The molecule has 2 unspecified atom stereocenters. The molecule has 0 aromatic heterocycles. The van der Waals surface area contributed by atoms with Gasteiger partial charge in [-0.1, -0.05) is 0 Å². The van der Waals surface area contributed by atoms with Gasteiger partial charge in [-0.15, -0.1) is 0 Å². The molecule has 0 aliphatic carbocycles. The Morgan fingerprint density at radius 3 is 2.10 bits per heavy atom. The van der Waals surface area contributed by atoms with Gasteiger partial charge in [-0.3, -0.25) is 9.80 Å². The molecule has 3 rings (SSSR count). The molecule has 2 aromatic rings. The monoisotopic (exact) mass is 564 g/mol. The molecule has 2 aromatic carbocycles. The highest BCUT2D eigenvalue weighted by Gasteiger charge is 2.41. The Bertz CT molecular complexity index is 1200. The van der Waals surface area contributed by atoms with Crippen molar-refractivity contribution in [1.29, 1.82) is 0 Å². The second-order valence-electron chi connectivity index (χ2n) is 8.76. The molecule has 214 valence electrons. The molecule has 1 aliphatic heterocycles. The average molecular weight is 564 g/mol. The number of anilines is 1. The summed E-state index contributed by atoms with van der Waals surface area (Å²) in [6.45, 7) is 2.55. The van der Waals surface area contributed by atoms with E-state index in [1.807, 2.05) is 0 Å². The zero-order valence-corrected chi connectivity index (χ0v) is 21.3. The lowest BCUT2D eigenvalue weighted by Gasteiger charge is -2.42. The smallest absolute Gasteiger partial charge is 0.416 e. The van der Waals surface area contributed by atoms with E-state index in [4.69, 9.17) is 14.2 Å². The number of carbonyl (C=O) groups excluding carboxylic acids is 2. The van der Waals surface area contributed by atoms with Crippen molar-refractivity contribution in [3.8, 4) is 11.5 Å². The molecule has 0 radical (unpaired) electrons. The van der Waals surface area contributed by atoms with E-state index >= 15 is 0 Å². The zero-order chi connectivity index (χ0) is 29.3. The first-order chi connectivity index (χ1) is 18.1. The van der Waals surface area contributed by atoms with Gasteiger partial charge in [0, 0.05) is 24.2 Å². The highest BCUT2D eigenvalue weighted by molar-refractivity contribution is 5.91. The third kappa shape index (κ3) is 6.25. The van der Waals surface area contributed by atoms with Crippen LogP contribution in [0.25, 0.3) is 0 Å². The topological polar surface area (TPSA) is 88.5 Å². The number of fused-ring (bicyclic) bond motifs is 1. The summed E-state index contributed by atoms with van der Waals surface area (Å²) in [6, 6.07) is 1.88. The van der Waals surface area contributed by atoms with Crippen molar-refractivity contribution in [2.75, 3.05) is 25.7 Å². The molecular weight excluding hydrogens is 538 g/mol. The van der Waals surface area contributed by atoms with Gasteiger partial charge in [0.1, 0.15) is 0 Å². The van der Waals surface area contributed by atoms with Crippen LogP contribution < -0.4 is 9.64 Å². The first-order valence-electron chi connectivity index (χ1n) is 11.6. The maximum absolute atomic E-state index is 13.4. The molecule has 0 spiro atoms. The first-order valence-corrected chi connectivity index (χ1v) is 11.6. The van der Waals surface area contributed by atoms with E-state index < -0.39 is 59.9 Å². The van der Waals surface area contributed by atoms with Crippen molar-refractivity contribution >= 4 is 17.9 Å². The maximum Gasteiger partial charge on any atom is 0.416 e. The van der Waals surface area contributed by atoms with E-state index in [0.717, 1.165) is 12.0 Å². The zero-order valence-electron chi connectivity index (χ0n) is 21.3. The SMILES string of the molecule is CCOC(=O)N1c2cc(OC)c(O)cc2C(N(Cc2cc(C(F)(F)F)cc(C(F)(F)F)c2)C(=O)OC)CC1C. The Balaban J connectivity index is 2.18. The molecule has 14 heteroatoms. The second kappa shape index (κ2) is 11.1. The van der Waals surface area contributed by atoms with Gasteiger partial charge in [0.15, 0.2) is 11.5 Å². The molecule has 1 aliphatic rings. The number of amides is 2. The number of methoxy groups -OCH3 is 2. The molecule has 0 saturated carbocycles. The predicted octanol–water partition coefficient (Wildman–Crippen LogP) is 6.50. The quantitative estimate of drug-likeness (QED) is 0.417. The van der Waals surface area contributed by atoms with Crippen molar-refractivity contribution in [3.05, 3.63) is 52.6 Å². The van der Waals surface area contributed by atoms with Crippen LogP contribution in [0.5, 0.6) is 11.5 Å². The third-order valence-electron chi connectivity index (χ3n) is 6.20. The third-order valence-corrected chi connectivity index (χ3v) is 6.20. The Hall–Kier alpha value is -3.84. The van der Waals surface area contributed by atoms with Crippen LogP contribution in [0.4, 0.5) is 41.6 Å². The molecule has 0 fully saturated rings. The Morgan fingerprint density at radius 1 is 1.03 bits per heavy atom. The average Bonchev–Trinajstić information content (AvgIpc) is 2.85. The van der Waals surface area contributed by atoms with Crippen molar-refractivity contribution in [2.24, 2.45) is 0 Å². The van der Waals surface area contributed by atoms with E-state index in [2.05, 4.69) is 0 Å². The first kappa shape index (κ1) is 29.7. The number of phenolic OH excluding ortho intramolecular Hbond substituents is 1. The number of carbonyl (C=O) groups is 2. The normalized spacial score (nSPS) is 17.3. The number of rotatable bonds is 5. The molecule has 39 heavy (non-hydrogen) atoms. The number of phenols is 1. The van der Waals surface area contributed by atoms with Crippen LogP contribution in [0, 0.1) is 0 Å². The predicted molar refractivity (Wildman–Crippen MR) is 125 cm³/mol. The minimum absolute atomic E-state index is 0.00843. The van der Waals surface area contributed by atoms with Gasteiger partial charge in [0.05, 0.1) is 43.7 Å². The highest BCUT2D eigenvalue weighted by atomic mass is 19.4. The molecule has 1 N–H and O–H groups in total. The Morgan fingerprint density at radius 2 is 1.62 bits per heavy atom. The number of hydrogen-bond acceptors (Lipinski definition) is 6. The van der Waals surface area contributed by atoms with Crippen LogP contribution in [-0.4, -0.2) is 49.1 Å². The lowest BCUT2D eigenvalue weighted by Crippen LogP contribution is -2.47. The van der Waals surface area contributed by atoms with Gasteiger partial charge in [0.2, 0.25) is 0 Å². The number of ether oxygens (including phenoxy) is 3. The molecule has 0 saturated heterocycles. The number of benzene rings is 2. The lowest BCUT2D eigenvalue weighted by atomic mass is 9.90. The van der Waals surface area contributed by atoms with Gasteiger partial charge in [-0.2, -0.15) is 26.3 Å². The highest BCUT2D eigenvalue weighted by Crippen LogP contribution is 2.46. The molecule has 2 amide bonds. The van der Waals surface area contributed by atoms with Crippen LogP contribution in [0.3, 0.4) is 0 Å². The maximum atomic E-state index is 13.4. The number of nitrogens with zero attached hydrogens (tertiary/aromatic N) is 2. The molecular formula is C25H26F6N2O6. The van der Waals surface area contributed by atoms with Crippen molar-refractivity contribution < 1.29 is 55.2 Å². The number of alkyl halides is 6. The largest absolute Gasteiger partial charge is 0.504 e. The molecule has 8 nitrogen and oxygen atoms in total. The van der Waals surface area contributed by atoms with Gasteiger partial charge >= 0.3 is 24.5 Å². The van der Waals surface area contributed by atoms with E-state index in [1.54, 1.807) is 13.8 Å². The summed E-state index contributed by atoms with van der Waals surface area (Å²) in [5.41, 5.74) is -3.19. The van der Waals surface area contributed by atoms with Crippen LogP contribution in [0.15, 0.2) is 30.3 Å². The van der Waals surface area contributed by atoms with E-state index in [-0.39, 0.29) is 41.8 Å². The van der Waals surface area contributed by atoms with Gasteiger partial charge in [-0.25, -0.2) is 9.59 Å². The van der Waals surface area contributed by atoms with Gasteiger partial charge < -0.3 is 19.3 Å². The fourth-order valence-corrected chi connectivity index (χ4v) is 4.50. The minimum atomic E-state index is -5.08. The summed E-state index contributed by atoms with van der Waals surface area (Å²) in [4.78, 5) is 27.9. The summed E-state index contributed by atoms with van der Waals surface area (Å²) < 4.78 is 95.7. The molecule has 0 bridgehead atoms. The van der Waals surface area contributed by atoms with Crippen LogP contribution in [-0.2, 0) is 28.4 Å². The second-order valence-corrected chi connectivity index (χ2v) is 8.76. The van der Waals surface area contributed by atoms with Crippen molar-refractivity contribution in [1.82, 2.24) is 4.90 Å². The number of halogens is 6.